The van der Waals surface area contributed by atoms with E-state index < -0.39 is 5.60 Å². The van der Waals surface area contributed by atoms with Gasteiger partial charge in [0, 0.05) is 32.6 Å². The summed E-state index contributed by atoms with van der Waals surface area (Å²) < 4.78 is 19.4. The lowest BCUT2D eigenvalue weighted by Crippen LogP contribution is -2.53. The van der Waals surface area contributed by atoms with Gasteiger partial charge in [-0.2, -0.15) is 0 Å². The summed E-state index contributed by atoms with van der Waals surface area (Å²) in [6.45, 7) is 12.4. The highest BCUT2D eigenvalue weighted by atomic mass is 19.1. The Kier molecular flexibility index (Phi) is 7.32. The molecule has 1 heterocycles. The average Bonchev–Trinajstić information content (AvgIpc) is 2.88. The molecule has 1 amide bonds. The van der Waals surface area contributed by atoms with E-state index in [1.165, 1.54) is 18.9 Å². The van der Waals surface area contributed by atoms with E-state index in [0.717, 1.165) is 25.3 Å². The second-order valence-corrected chi connectivity index (χ2v) is 10.7. The van der Waals surface area contributed by atoms with E-state index in [-0.39, 0.29) is 24.9 Å². The molecule has 1 saturated heterocycles. The van der Waals surface area contributed by atoms with E-state index in [1.54, 1.807) is 30.9 Å². The molecule has 0 bridgehead atoms. The molecule has 6 heteroatoms. The van der Waals surface area contributed by atoms with Gasteiger partial charge in [0.1, 0.15) is 23.8 Å². The van der Waals surface area contributed by atoms with E-state index in [4.69, 9.17) is 4.74 Å². The smallest absolute Gasteiger partial charge is 0.219 e. The standard InChI is InChI=1S/C25H39FN2O3/c1-18-14-22(10-11-23(18)26)31-17-25(30)15-27(19(2)29)12-13-28(16-25)21-8-6-20(7-9-21)24(3,4)5/h10-11,14,20-21,30H,6-9,12-13,15-17H2,1-5H3/t20?,21?,25-/m0/s1. The molecule has 0 unspecified atom stereocenters. The van der Waals surface area contributed by atoms with Crippen molar-refractivity contribution in [1.29, 1.82) is 0 Å². The number of halogens is 1. The minimum absolute atomic E-state index is 0.0330. The van der Waals surface area contributed by atoms with Crippen molar-refractivity contribution in [3.8, 4) is 5.75 Å². The molecule has 1 aliphatic carbocycles. The summed E-state index contributed by atoms with van der Waals surface area (Å²) in [5.41, 5.74) is -0.337. The number of carbonyl (C=O) groups excluding carboxylic acids is 1. The fourth-order valence-corrected chi connectivity index (χ4v) is 5.09. The van der Waals surface area contributed by atoms with Crippen LogP contribution in [0, 0.1) is 24.1 Å². The van der Waals surface area contributed by atoms with Crippen LogP contribution in [0.3, 0.4) is 0 Å². The molecule has 1 saturated carbocycles. The van der Waals surface area contributed by atoms with Crippen LogP contribution in [-0.4, -0.2) is 65.2 Å². The Bertz CT molecular complexity index is 771. The highest BCUT2D eigenvalue weighted by Gasteiger charge is 2.40. The molecule has 0 spiro atoms. The maximum atomic E-state index is 13.6. The van der Waals surface area contributed by atoms with Crippen molar-refractivity contribution in [1.82, 2.24) is 9.80 Å². The van der Waals surface area contributed by atoms with Crippen LogP contribution < -0.4 is 4.74 Å². The predicted octanol–water partition coefficient (Wildman–Crippen LogP) is 4.01. The van der Waals surface area contributed by atoms with Gasteiger partial charge < -0.3 is 14.7 Å². The van der Waals surface area contributed by atoms with Gasteiger partial charge in [-0.3, -0.25) is 9.69 Å². The molecule has 31 heavy (non-hydrogen) atoms. The summed E-state index contributed by atoms with van der Waals surface area (Å²) in [7, 11) is 0. The highest BCUT2D eigenvalue weighted by molar-refractivity contribution is 5.73. The number of carbonyl (C=O) groups is 1. The lowest BCUT2D eigenvalue weighted by molar-refractivity contribution is -0.132. The number of hydrogen-bond acceptors (Lipinski definition) is 4. The van der Waals surface area contributed by atoms with Gasteiger partial charge in [-0.1, -0.05) is 20.8 Å². The van der Waals surface area contributed by atoms with Crippen molar-refractivity contribution in [3.05, 3.63) is 29.6 Å². The summed E-state index contributed by atoms with van der Waals surface area (Å²) in [6.07, 6.45) is 4.64. The lowest BCUT2D eigenvalue weighted by Gasteiger charge is -2.42. The first kappa shape index (κ1) is 24.0. The normalized spacial score (nSPS) is 28.3. The molecule has 1 N–H and O–H groups in total. The Labute approximate surface area is 186 Å². The average molecular weight is 435 g/mol. The number of hydrogen-bond donors (Lipinski definition) is 1. The molecule has 1 aromatic rings. The Hall–Kier alpha value is -1.66. The van der Waals surface area contributed by atoms with Gasteiger partial charge in [-0.05, 0) is 67.7 Å². The number of aliphatic hydroxyl groups is 1. The Morgan fingerprint density at radius 1 is 1.19 bits per heavy atom. The first-order chi connectivity index (χ1) is 14.5. The fourth-order valence-electron chi connectivity index (χ4n) is 5.09. The molecule has 1 aliphatic heterocycles. The van der Waals surface area contributed by atoms with Crippen LogP contribution in [0.25, 0.3) is 0 Å². The number of nitrogens with zero attached hydrogens (tertiary/aromatic N) is 2. The molecule has 1 aromatic carbocycles. The lowest BCUT2D eigenvalue weighted by atomic mass is 9.71. The third-order valence-corrected chi connectivity index (χ3v) is 7.16. The summed E-state index contributed by atoms with van der Waals surface area (Å²) in [5.74, 6) is 0.950. The zero-order valence-corrected chi connectivity index (χ0v) is 19.8. The van der Waals surface area contributed by atoms with Crippen molar-refractivity contribution in [2.75, 3.05) is 32.8 Å². The van der Waals surface area contributed by atoms with Crippen LogP contribution >= 0.6 is 0 Å². The van der Waals surface area contributed by atoms with Gasteiger partial charge in [-0.15, -0.1) is 0 Å². The molecular formula is C25H39FN2O3. The number of β-amino-alcohol motifs (C(OH)–C–C–N with tert-alkyl or cyclic N) is 1. The van der Waals surface area contributed by atoms with Gasteiger partial charge in [0.05, 0.1) is 6.54 Å². The van der Waals surface area contributed by atoms with Crippen LogP contribution in [-0.2, 0) is 4.79 Å². The maximum absolute atomic E-state index is 13.6. The topological polar surface area (TPSA) is 53.0 Å². The third-order valence-electron chi connectivity index (χ3n) is 7.16. The first-order valence-corrected chi connectivity index (χ1v) is 11.6. The minimum atomic E-state index is -1.18. The molecule has 0 radical (unpaired) electrons. The zero-order chi connectivity index (χ0) is 22.8. The Morgan fingerprint density at radius 3 is 2.45 bits per heavy atom. The largest absolute Gasteiger partial charge is 0.490 e. The van der Waals surface area contributed by atoms with Gasteiger partial charge in [0.25, 0.3) is 0 Å². The van der Waals surface area contributed by atoms with Gasteiger partial charge in [0.2, 0.25) is 5.91 Å². The van der Waals surface area contributed by atoms with Crippen molar-refractivity contribution in [3.63, 3.8) is 0 Å². The van der Waals surface area contributed by atoms with E-state index in [2.05, 4.69) is 25.7 Å². The van der Waals surface area contributed by atoms with E-state index in [1.807, 2.05) is 0 Å². The van der Waals surface area contributed by atoms with Crippen LogP contribution in [0.15, 0.2) is 18.2 Å². The van der Waals surface area contributed by atoms with E-state index >= 15 is 0 Å². The molecular weight excluding hydrogens is 395 g/mol. The van der Waals surface area contributed by atoms with Crippen LogP contribution in [0.4, 0.5) is 4.39 Å². The number of ether oxygens (including phenoxy) is 1. The highest BCUT2D eigenvalue weighted by Crippen LogP contribution is 2.39. The maximum Gasteiger partial charge on any atom is 0.219 e. The zero-order valence-electron chi connectivity index (χ0n) is 19.8. The monoisotopic (exact) mass is 434 g/mol. The van der Waals surface area contributed by atoms with Gasteiger partial charge in [-0.25, -0.2) is 4.39 Å². The van der Waals surface area contributed by atoms with E-state index in [0.29, 0.717) is 35.9 Å². The van der Waals surface area contributed by atoms with Crippen molar-refractivity contribution >= 4 is 5.91 Å². The van der Waals surface area contributed by atoms with Crippen LogP contribution in [0.2, 0.25) is 0 Å². The molecule has 1 atom stereocenters. The molecule has 2 fully saturated rings. The molecule has 3 rings (SSSR count). The van der Waals surface area contributed by atoms with Crippen molar-refractivity contribution < 1.29 is 19.0 Å². The third kappa shape index (κ3) is 6.19. The fraction of sp³-hybridized carbons (Fsp3) is 0.720. The van der Waals surface area contributed by atoms with E-state index in [9.17, 15) is 14.3 Å². The second-order valence-electron chi connectivity index (χ2n) is 10.7. The van der Waals surface area contributed by atoms with Crippen LogP contribution in [0.1, 0.15) is 58.9 Å². The summed E-state index contributed by atoms with van der Waals surface area (Å²) in [6, 6.07) is 5.02. The summed E-state index contributed by atoms with van der Waals surface area (Å²) in [5, 5.41) is 11.5. The summed E-state index contributed by atoms with van der Waals surface area (Å²) in [4.78, 5) is 16.2. The molecule has 174 valence electrons. The number of amides is 1. The van der Waals surface area contributed by atoms with Crippen molar-refractivity contribution in [2.24, 2.45) is 11.3 Å². The predicted molar refractivity (Wildman–Crippen MR) is 121 cm³/mol. The number of benzene rings is 1. The Morgan fingerprint density at radius 2 is 1.87 bits per heavy atom. The SMILES string of the molecule is CC(=O)N1CCN(C2CCC(C(C)(C)C)CC2)C[C@](O)(COc2ccc(F)c(C)c2)C1. The molecule has 2 aliphatic rings. The first-order valence-electron chi connectivity index (χ1n) is 11.6. The number of rotatable bonds is 4. The van der Waals surface area contributed by atoms with Gasteiger partial charge >= 0.3 is 0 Å². The minimum Gasteiger partial charge on any atom is -0.490 e. The second kappa shape index (κ2) is 9.45. The number of aryl methyl sites for hydroxylation is 1. The summed E-state index contributed by atoms with van der Waals surface area (Å²) >= 11 is 0. The quantitative estimate of drug-likeness (QED) is 0.778. The van der Waals surface area contributed by atoms with Gasteiger partial charge in [0.15, 0.2) is 0 Å². The molecule has 0 aromatic heterocycles. The van der Waals surface area contributed by atoms with Crippen molar-refractivity contribution in [2.45, 2.75) is 71.9 Å². The molecule has 5 nitrogen and oxygen atoms in total. The Balaban J connectivity index is 1.70. The van der Waals surface area contributed by atoms with Crippen LogP contribution in [0.5, 0.6) is 5.75 Å².